The van der Waals surface area contributed by atoms with Crippen molar-refractivity contribution in [2.75, 3.05) is 18.1 Å². The Kier molecular flexibility index (Phi) is 6.84. The predicted molar refractivity (Wildman–Crippen MR) is 111 cm³/mol. The first kappa shape index (κ1) is 25.7. The number of H-pyrrole nitrogens is 2. The Bertz CT molecular complexity index is 1220. The van der Waals surface area contributed by atoms with E-state index in [0.29, 0.717) is 17.7 Å². The average Bonchev–Trinajstić information content (AvgIpc) is 3.24. The fraction of sp³-hybridized carbons (Fsp3) is 0.364. The summed E-state index contributed by atoms with van der Waals surface area (Å²) in [5.41, 5.74) is -3.48. The Morgan fingerprint density at radius 2 is 1.67 bits per heavy atom. The number of nitrogens with one attached hydrogen (secondary N) is 2. The molecule has 2 aromatic carbocycles. The zero-order valence-electron chi connectivity index (χ0n) is 18.5. The van der Waals surface area contributed by atoms with Gasteiger partial charge in [-0.3, -0.25) is 4.98 Å². The van der Waals surface area contributed by atoms with Gasteiger partial charge in [0, 0.05) is 6.54 Å². The lowest BCUT2D eigenvalue weighted by Gasteiger charge is -2.41. The number of halogens is 7. The van der Waals surface area contributed by atoms with Crippen LogP contribution in [0.5, 0.6) is 0 Å². The monoisotopic (exact) mass is 520 g/mol. The normalized spacial score (nSPS) is 19.9. The zero-order chi connectivity index (χ0) is 26.3. The number of alkyl halides is 6. The van der Waals surface area contributed by atoms with Crippen molar-refractivity contribution in [1.29, 1.82) is 0 Å². The van der Waals surface area contributed by atoms with Crippen LogP contribution in [0.15, 0.2) is 47.3 Å². The van der Waals surface area contributed by atoms with E-state index in [-0.39, 0.29) is 30.7 Å². The number of rotatable bonds is 5. The third kappa shape index (κ3) is 5.54. The fourth-order valence-corrected chi connectivity index (χ4v) is 3.88. The van der Waals surface area contributed by atoms with Crippen LogP contribution < -0.4 is 10.6 Å². The van der Waals surface area contributed by atoms with E-state index in [2.05, 4.69) is 15.2 Å². The first-order valence-corrected chi connectivity index (χ1v) is 10.6. The number of morpholine rings is 1. The minimum absolute atomic E-state index is 0.0281. The van der Waals surface area contributed by atoms with Gasteiger partial charge in [0.1, 0.15) is 11.9 Å². The van der Waals surface area contributed by atoms with Crippen LogP contribution >= 0.6 is 0 Å². The van der Waals surface area contributed by atoms with E-state index < -0.39 is 53.4 Å². The second kappa shape index (κ2) is 9.58. The lowest BCUT2D eigenvalue weighted by molar-refractivity contribution is -0.192. The summed E-state index contributed by atoms with van der Waals surface area (Å²) in [7, 11) is 0. The largest absolute Gasteiger partial charge is 0.416 e. The maximum absolute atomic E-state index is 13.5. The van der Waals surface area contributed by atoms with Gasteiger partial charge in [-0.15, -0.1) is 5.10 Å². The summed E-state index contributed by atoms with van der Waals surface area (Å²) in [5.74, 6) is -0.443. The lowest BCUT2D eigenvalue weighted by Crippen LogP contribution is -2.47. The smallest absolute Gasteiger partial charge is 0.348 e. The summed E-state index contributed by atoms with van der Waals surface area (Å²) in [6, 6.07) is 5.48. The van der Waals surface area contributed by atoms with Crippen molar-refractivity contribution in [3.05, 3.63) is 81.0 Å². The number of ether oxygens (including phenoxy) is 2. The SMILES string of the molecule is CC(OC1OCCN(c2n[nH]c(=O)[nH]2)C1c1ccc(F)cc1)c1cc(C(F)(F)F)cc(C(F)(F)F)c1. The van der Waals surface area contributed by atoms with Gasteiger partial charge in [0.25, 0.3) is 0 Å². The molecule has 14 heteroatoms. The van der Waals surface area contributed by atoms with E-state index in [1.54, 1.807) is 4.90 Å². The van der Waals surface area contributed by atoms with Crippen molar-refractivity contribution in [3.63, 3.8) is 0 Å². The van der Waals surface area contributed by atoms with Gasteiger partial charge in [-0.2, -0.15) is 26.3 Å². The molecule has 2 N–H and O–H groups in total. The van der Waals surface area contributed by atoms with Crippen LogP contribution in [0.2, 0.25) is 0 Å². The molecule has 0 radical (unpaired) electrons. The molecular weight excluding hydrogens is 501 g/mol. The van der Waals surface area contributed by atoms with E-state index in [4.69, 9.17) is 9.47 Å². The van der Waals surface area contributed by atoms with Gasteiger partial charge in [0.05, 0.1) is 23.8 Å². The minimum atomic E-state index is -5.02. The molecule has 0 saturated carbocycles. The van der Waals surface area contributed by atoms with Gasteiger partial charge >= 0.3 is 18.0 Å². The minimum Gasteiger partial charge on any atom is -0.348 e. The molecule has 0 amide bonds. The Labute approximate surface area is 198 Å². The number of nitrogens with zero attached hydrogens (tertiary/aromatic N) is 2. The molecule has 4 rings (SSSR count). The molecular formula is C22H19F7N4O3. The molecule has 0 aliphatic carbocycles. The van der Waals surface area contributed by atoms with Crippen molar-refractivity contribution < 1.29 is 40.2 Å². The number of benzene rings is 2. The Balaban J connectivity index is 1.70. The van der Waals surface area contributed by atoms with E-state index in [1.807, 2.05) is 0 Å². The molecule has 3 atom stereocenters. The summed E-state index contributed by atoms with van der Waals surface area (Å²) in [6.07, 6.45) is -12.5. The van der Waals surface area contributed by atoms with Crippen molar-refractivity contribution in [3.8, 4) is 0 Å². The molecule has 0 spiro atoms. The average molecular weight is 520 g/mol. The van der Waals surface area contributed by atoms with Gasteiger partial charge in [0.2, 0.25) is 5.95 Å². The number of hydrogen-bond acceptors (Lipinski definition) is 5. The molecule has 1 fully saturated rings. The molecule has 36 heavy (non-hydrogen) atoms. The predicted octanol–water partition coefficient (Wildman–Crippen LogP) is 4.96. The van der Waals surface area contributed by atoms with Crippen LogP contribution in [0.4, 0.5) is 36.7 Å². The van der Waals surface area contributed by atoms with E-state index >= 15 is 0 Å². The molecule has 3 unspecified atom stereocenters. The Hall–Kier alpha value is -3.39. The molecule has 0 bridgehead atoms. The summed E-state index contributed by atoms with van der Waals surface area (Å²) >= 11 is 0. The maximum atomic E-state index is 13.5. The highest BCUT2D eigenvalue weighted by molar-refractivity contribution is 5.38. The molecule has 1 aliphatic rings. The molecule has 7 nitrogen and oxygen atoms in total. The van der Waals surface area contributed by atoms with Gasteiger partial charge in [0.15, 0.2) is 6.29 Å². The zero-order valence-corrected chi connectivity index (χ0v) is 18.5. The summed E-state index contributed by atoms with van der Waals surface area (Å²) < 4.78 is 105. The summed E-state index contributed by atoms with van der Waals surface area (Å²) in [6.45, 7) is 1.51. The van der Waals surface area contributed by atoms with Gasteiger partial charge in [-0.1, -0.05) is 12.1 Å². The second-order valence-corrected chi connectivity index (χ2v) is 8.05. The highest BCUT2D eigenvalue weighted by Crippen LogP contribution is 2.40. The number of aromatic nitrogens is 3. The molecule has 194 valence electrons. The van der Waals surface area contributed by atoms with Gasteiger partial charge in [-0.25, -0.2) is 14.3 Å². The maximum Gasteiger partial charge on any atom is 0.416 e. The lowest BCUT2D eigenvalue weighted by atomic mass is 10.0. The Morgan fingerprint density at radius 3 is 2.19 bits per heavy atom. The second-order valence-electron chi connectivity index (χ2n) is 8.05. The van der Waals surface area contributed by atoms with E-state index in [1.165, 1.54) is 19.1 Å². The fourth-order valence-electron chi connectivity index (χ4n) is 3.88. The Morgan fingerprint density at radius 1 is 1.06 bits per heavy atom. The highest BCUT2D eigenvalue weighted by atomic mass is 19.4. The first-order valence-electron chi connectivity index (χ1n) is 10.6. The van der Waals surface area contributed by atoms with Crippen molar-refractivity contribution in [2.24, 2.45) is 0 Å². The van der Waals surface area contributed by atoms with E-state index in [9.17, 15) is 35.5 Å². The molecule has 3 aromatic rings. The van der Waals surface area contributed by atoms with Crippen molar-refractivity contribution in [1.82, 2.24) is 15.2 Å². The van der Waals surface area contributed by atoms with E-state index in [0.717, 1.165) is 12.1 Å². The highest BCUT2D eigenvalue weighted by Gasteiger charge is 2.40. The van der Waals surface area contributed by atoms with Gasteiger partial charge in [-0.05, 0) is 48.4 Å². The van der Waals surface area contributed by atoms with Crippen LogP contribution in [0, 0.1) is 5.82 Å². The number of anilines is 1. The van der Waals surface area contributed by atoms with Crippen molar-refractivity contribution >= 4 is 5.95 Å². The molecule has 1 saturated heterocycles. The third-order valence-corrected chi connectivity index (χ3v) is 5.60. The van der Waals surface area contributed by atoms with Crippen LogP contribution in [-0.2, 0) is 21.8 Å². The van der Waals surface area contributed by atoms with Crippen LogP contribution in [0.25, 0.3) is 0 Å². The molecule has 2 heterocycles. The number of hydrogen-bond donors (Lipinski definition) is 2. The third-order valence-electron chi connectivity index (χ3n) is 5.60. The van der Waals surface area contributed by atoms with Crippen LogP contribution in [0.3, 0.4) is 0 Å². The van der Waals surface area contributed by atoms with Crippen LogP contribution in [0.1, 0.15) is 41.3 Å². The van der Waals surface area contributed by atoms with Crippen molar-refractivity contribution in [2.45, 2.75) is 37.7 Å². The quantitative estimate of drug-likeness (QED) is 0.465. The first-order chi connectivity index (χ1) is 16.8. The van der Waals surface area contributed by atoms with Gasteiger partial charge < -0.3 is 14.4 Å². The van der Waals surface area contributed by atoms with Crippen LogP contribution in [-0.4, -0.2) is 34.6 Å². The molecule has 1 aromatic heterocycles. The summed E-state index contributed by atoms with van der Waals surface area (Å²) in [5, 5.41) is 6.09. The number of aromatic amines is 2. The topological polar surface area (TPSA) is 83.2 Å². The standard InChI is InChI=1S/C22H19F7N4O3/c1-11(13-8-14(21(24,25)26)10-15(9-13)22(27,28)29)36-18-17(12-2-4-16(23)5-3-12)33(6-7-35-18)19-30-20(34)32-31-19/h2-5,8-11,17-18H,6-7H2,1H3,(H2,30,31,32,34). The molecule has 1 aliphatic heterocycles. The summed E-state index contributed by atoms with van der Waals surface area (Å²) in [4.78, 5) is 15.6.